The molecule has 1 aromatic rings. The van der Waals surface area contributed by atoms with Crippen LogP contribution in [0.2, 0.25) is 0 Å². The molecule has 0 bridgehead atoms. The molecule has 17 heavy (non-hydrogen) atoms. The molecule has 9 heteroatoms. The predicted molar refractivity (Wildman–Crippen MR) is 62.3 cm³/mol. The van der Waals surface area contributed by atoms with Crippen molar-refractivity contribution in [2.75, 3.05) is 5.75 Å². The van der Waals surface area contributed by atoms with Crippen molar-refractivity contribution in [3.8, 4) is 0 Å². The number of hydrogen-bond acceptors (Lipinski definition) is 6. The normalized spacial score (nSPS) is 9.94. The molecule has 0 atom stereocenters. The number of aromatic carboxylic acids is 1. The molecule has 0 saturated carbocycles. The number of carboxylic acid groups (broad SMARTS) is 1. The van der Waals surface area contributed by atoms with E-state index >= 15 is 0 Å². The van der Waals surface area contributed by atoms with Crippen LogP contribution in [-0.2, 0) is 4.79 Å². The van der Waals surface area contributed by atoms with E-state index in [2.05, 4.69) is 4.98 Å². The zero-order chi connectivity index (χ0) is 13.0. The highest BCUT2D eigenvalue weighted by Crippen LogP contribution is 2.26. The van der Waals surface area contributed by atoms with Crippen LogP contribution < -0.4 is 11.1 Å². The van der Waals surface area contributed by atoms with E-state index in [1.165, 1.54) is 0 Å². The van der Waals surface area contributed by atoms with Crippen molar-refractivity contribution in [3.05, 3.63) is 10.6 Å². The van der Waals surface area contributed by atoms with Crippen LogP contribution in [0.15, 0.2) is 4.34 Å². The summed E-state index contributed by atoms with van der Waals surface area (Å²) in [7, 11) is 0. The minimum Gasteiger partial charge on any atom is -0.477 e. The van der Waals surface area contributed by atoms with Gasteiger partial charge in [-0.05, 0) is 6.92 Å². The fraction of sp³-hybridized carbons (Fsp3) is 0.250. The maximum absolute atomic E-state index is 11.1. The highest BCUT2D eigenvalue weighted by molar-refractivity contribution is 8.01. The largest absolute Gasteiger partial charge is 0.477 e. The van der Waals surface area contributed by atoms with Crippen LogP contribution >= 0.6 is 23.1 Å². The van der Waals surface area contributed by atoms with Crippen molar-refractivity contribution >= 4 is 41.0 Å². The number of amides is 3. The van der Waals surface area contributed by atoms with Crippen LogP contribution in [0.4, 0.5) is 4.79 Å². The Morgan fingerprint density at radius 3 is 2.65 bits per heavy atom. The number of rotatable bonds is 4. The van der Waals surface area contributed by atoms with Gasteiger partial charge in [0.1, 0.15) is 4.88 Å². The topological polar surface area (TPSA) is 122 Å². The Balaban J connectivity index is 2.58. The second-order valence-electron chi connectivity index (χ2n) is 2.90. The average molecular weight is 275 g/mol. The van der Waals surface area contributed by atoms with E-state index in [0.29, 0.717) is 10.0 Å². The summed E-state index contributed by atoms with van der Waals surface area (Å²) in [6.07, 6.45) is 0. The van der Waals surface area contributed by atoms with E-state index in [-0.39, 0.29) is 10.6 Å². The summed E-state index contributed by atoms with van der Waals surface area (Å²) in [5, 5.41) is 10.7. The zero-order valence-electron chi connectivity index (χ0n) is 8.72. The summed E-state index contributed by atoms with van der Waals surface area (Å²) < 4.78 is 0.458. The molecule has 0 radical (unpaired) electrons. The molecular weight excluding hydrogens is 266 g/mol. The molecule has 4 N–H and O–H groups in total. The van der Waals surface area contributed by atoms with Crippen molar-refractivity contribution in [2.45, 2.75) is 11.3 Å². The number of nitrogens with zero attached hydrogens (tertiary/aromatic N) is 1. The van der Waals surface area contributed by atoms with Gasteiger partial charge in [0.25, 0.3) is 0 Å². The number of primary amides is 1. The Hall–Kier alpha value is -1.61. The second kappa shape index (κ2) is 5.64. The lowest BCUT2D eigenvalue weighted by atomic mass is 10.4. The molecule has 7 nitrogen and oxygen atoms in total. The number of hydrogen-bond donors (Lipinski definition) is 3. The lowest BCUT2D eigenvalue weighted by Gasteiger charge is -1.97. The molecule has 0 aliphatic carbocycles. The number of nitrogens with two attached hydrogens (primary N) is 1. The first kappa shape index (κ1) is 13.5. The van der Waals surface area contributed by atoms with Gasteiger partial charge in [-0.25, -0.2) is 14.6 Å². The molecule has 0 fully saturated rings. The fourth-order valence-corrected chi connectivity index (χ4v) is 2.76. The van der Waals surface area contributed by atoms with Gasteiger partial charge < -0.3 is 10.8 Å². The molecule has 1 heterocycles. The Morgan fingerprint density at radius 2 is 2.18 bits per heavy atom. The highest BCUT2D eigenvalue weighted by atomic mass is 32.2. The van der Waals surface area contributed by atoms with Gasteiger partial charge in [-0.1, -0.05) is 11.8 Å². The molecule has 0 unspecified atom stereocenters. The van der Waals surface area contributed by atoms with Gasteiger partial charge in [-0.3, -0.25) is 10.1 Å². The van der Waals surface area contributed by atoms with Crippen LogP contribution in [-0.4, -0.2) is 33.8 Å². The van der Waals surface area contributed by atoms with Crippen molar-refractivity contribution < 1.29 is 19.5 Å². The molecule has 0 aliphatic rings. The molecular formula is C8H9N3O4S2. The van der Waals surface area contributed by atoms with Gasteiger partial charge in [-0.15, -0.1) is 11.3 Å². The van der Waals surface area contributed by atoms with Crippen LogP contribution in [0, 0.1) is 6.92 Å². The van der Waals surface area contributed by atoms with Crippen LogP contribution in [0.25, 0.3) is 0 Å². The smallest absolute Gasteiger partial charge is 0.347 e. The monoisotopic (exact) mass is 275 g/mol. The Morgan fingerprint density at radius 1 is 1.53 bits per heavy atom. The predicted octanol–water partition coefficient (Wildman–Crippen LogP) is 0.437. The molecule has 0 spiro atoms. The van der Waals surface area contributed by atoms with Gasteiger partial charge >= 0.3 is 12.0 Å². The summed E-state index contributed by atoms with van der Waals surface area (Å²) >= 11 is 2.03. The highest BCUT2D eigenvalue weighted by Gasteiger charge is 2.15. The lowest BCUT2D eigenvalue weighted by Crippen LogP contribution is -2.36. The summed E-state index contributed by atoms with van der Waals surface area (Å²) in [5.41, 5.74) is 5.16. The number of thioether (sulfide) groups is 1. The van der Waals surface area contributed by atoms with Crippen LogP contribution in [0.3, 0.4) is 0 Å². The standard InChI is InChI=1S/C8H9N3O4S2/c1-3-5(6(13)14)17-8(10-3)16-2-4(12)11-7(9)15/h2H2,1H3,(H,13,14)(H3,9,11,12,15). The molecule has 0 aliphatic heterocycles. The molecule has 92 valence electrons. The quantitative estimate of drug-likeness (QED) is 0.685. The van der Waals surface area contributed by atoms with E-state index in [9.17, 15) is 14.4 Å². The van der Waals surface area contributed by atoms with E-state index < -0.39 is 17.9 Å². The Kier molecular flexibility index (Phi) is 4.46. The third kappa shape index (κ3) is 4.04. The third-order valence-electron chi connectivity index (χ3n) is 1.56. The third-order valence-corrected chi connectivity index (χ3v) is 3.85. The molecule has 3 amide bonds. The first-order valence-corrected chi connectivity index (χ1v) is 6.13. The van der Waals surface area contributed by atoms with Crippen LogP contribution in [0.1, 0.15) is 15.4 Å². The van der Waals surface area contributed by atoms with Crippen molar-refractivity contribution in [1.82, 2.24) is 10.3 Å². The van der Waals surface area contributed by atoms with Gasteiger partial charge in [0.2, 0.25) is 5.91 Å². The minimum absolute atomic E-state index is 0.0467. The molecule has 0 saturated heterocycles. The molecule has 0 aromatic carbocycles. The molecule has 1 rings (SSSR count). The maximum Gasteiger partial charge on any atom is 0.347 e. The average Bonchev–Trinajstić information content (AvgIpc) is 2.56. The summed E-state index contributed by atoms with van der Waals surface area (Å²) in [6, 6.07) is -0.919. The van der Waals surface area contributed by atoms with E-state index in [4.69, 9.17) is 10.8 Å². The van der Waals surface area contributed by atoms with Crippen LogP contribution in [0.5, 0.6) is 0 Å². The number of carboxylic acids is 1. The number of aryl methyl sites for hydroxylation is 1. The number of aromatic nitrogens is 1. The number of urea groups is 1. The Bertz CT molecular complexity index is 471. The lowest BCUT2D eigenvalue weighted by molar-refractivity contribution is -0.117. The number of imide groups is 1. The zero-order valence-corrected chi connectivity index (χ0v) is 10.4. The number of carbonyl (C=O) groups excluding carboxylic acids is 2. The van der Waals surface area contributed by atoms with Gasteiger partial charge in [0, 0.05) is 0 Å². The van der Waals surface area contributed by atoms with E-state index in [1.54, 1.807) is 6.92 Å². The van der Waals surface area contributed by atoms with Crippen molar-refractivity contribution in [1.29, 1.82) is 0 Å². The van der Waals surface area contributed by atoms with Gasteiger partial charge in [0.15, 0.2) is 4.34 Å². The van der Waals surface area contributed by atoms with Crippen molar-refractivity contribution in [2.24, 2.45) is 5.73 Å². The SMILES string of the molecule is Cc1nc(SCC(=O)NC(N)=O)sc1C(=O)O. The summed E-state index contributed by atoms with van der Waals surface area (Å²) in [4.78, 5) is 36.3. The first-order chi connectivity index (χ1) is 7.90. The Labute approximate surface area is 104 Å². The minimum atomic E-state index is -1.05. The second-order valence-corrected chi connectivity index (χ2v) is 5.12. The van der Waals surface area contributed by atoms with Crippen molar-refractivity contribution in [3.63, 3.8) is 0 Å². The van der Waals surface area contributed by atoms with E-state index in [1.807, 2.05) is 5.32 Å². The summed E-state index contributed by atoms with van der Waals surface area (Å²) in [6.45, 7) is 1.58. The van der Waals surface area contributed by atoms with E-state index in [0.717, 1.165) is 23.1 Å². The molecule has 1 aromatic heterocycles. The maximum atomic E-state index is 11.1. The summed E-state index contributed by atoms with van der Waals surface area (Å²) in [5.74, 6) is -1.64. The first-order valence-electron chi connectivity index (χ1n) is 4.33. The number of nitrogens with one attached hydrogen (secondary N) is 1. The number of thiazole rings is 1. The number of carbonyl (C=O) groups is 3. The fourth-order valence-electron chi connectivity index (χ4n) is 0.933. The van der Waals surface area contributed by atoms with Gasteiger partial charge in [-0.2, -0.15) is 0 Å². The van der Waals surface area contributed by atoms with Gasteiger partial charge in [0.05, 0.1) is 11.4 Å².